The van der Waals surface area contributed by atoms with Gasteiger partial charge in [-0.1, -0.05) is 0 Å². The van der Waals surface area contributed by atoms with Gasteiger partial charge in [-0.2, -0.15) is 0 Å². The van der Waals surface area contributed by atoms with Gasteiger partial charge in [-0.3, -0.25) is 9.69 Å². The Morgan fingerprint density at radius 2 is 2.10 bits per heavy atom. The third kappa shape index (κ3) is 4.17. The van der Waals surface area contributed by atoms with E-state index in [-0.39, 0.29) is 17.4 Å². The number of carbonyl (C=O) groups is 1. The summed E-state index contributed by atoms with van der Waals surface area (Å²) in [6.45, 7) is 11.7. The Morgan fingerprint density at radius 3 is 2.75 bits per heavy atom. The van der Waals surface area contributed by atoms with Crippen LogP contribution in [0.15, 0.2) is 0 Å². The number of hydrogen-bond acceptors (Lipinski definition) is 4. The highest BCUT2D eigenvalue weighted by molar-refractivity contribution is 5.78. The average molecular weight is 283 g/mol. The number of nitrogens with zero attached hydrogens (tertiary/aromatic N) is 1. The standard InChI is InChI=1S/C15H29N3O2/c1-12-10-13(4-5-16-12)14(19)17-11-15(2,3)18-6-8-20-9-7-18/h12-13,16H,4-11H2,1-3H3,(H,17,19)/t12-,13-/m0/s1. The zero-order chi connectivity index (χ0) is 14.6. The van der Waals surface area contributed by atoms with Gasteiger partial charge in [0, 0.05) is 37.1 Å². The van der Waals surface area contributed by atoms with Gasteiger partial charge in [-0.15, -0.1) is 0 Å². The zero-order valence-corrected chi connectivity index (χ0v) is 13.1. The molecule has 2 aliphatic rings. The number of rotatable bonds is 4. The maximum absolute atomic E-state index is 12.3. The number of ether oxygens (including phenoxy) is 1. The fourth-order valence-electron chi connectivity index (χ4n) is 3.10. The molecule has 0 unspecified atom stereocenters. The third-order valence-corrected chi connectivity index (χ3v) is 4.56. The monoisotopic (exact) mass is 283 g/mol. The Hall–Kier alpha value is -0.650. The summed E-state index contributed by atoms with van der Waals surface area (Å²) in [5.74, 6) is 0.395. The summed E-state index contributed by atoms with van der Waals surface area (Å²) in [4.78, 5) is 14.7. The van der Waals surface area contributed by atoms with Crippen molar-refractivity contribution < 1.29 is 9.53 Å². The zero-order valence-electron chi connectivity index (χ0n) is 13.1. The van der Waals surface area contributed by atoms with Gasteiger partial charge < -0.3 is 15.4 Å². The molecule has 5 nitrogen and oxygen atoms in total. The van der Waals surface area contributed by atoms with Crippen molar-refractivity contribution in [2.75, 3.05) is 39.4 Å². The summed E-state index contributed by atoms with van der Waals surface area (Å²) >= 11 is 0. The fraction of sp³-hybridized carbons (Fsp3) is 0.933. The molecule has 2 heterocycles. The molecule has 0 aliphatic carbocycles. The Kier molecular flexibility index (Phi) is 5.41. The molecule has 2 rings (SSSR count). The number of hydrogen-bond donors (Lipinski definition) is 2. The second kappa shape index (κ2) is 6.87. The number of piperidine rings is 1. The van der Waals surface area contributed by atoms with E-state index in [1.165, 1.54) is 0 Å². The van der Waals surface area contributed by atoms with E-state index in [1.807, 2.05) is 0 Å². The van der Waals surface area contributed by atoms with Crippen LogP contribution in [-0.4, -0.2) is 61.8 Å². The van der Waals surface area contributed by atoms with Crippen LogP contribution in [0.4, 0.5) is 0 Å². The van der Waals surface area contributed by atoms with Gasteiger partial charge in [-0.05, 0) is 40.2 Å². The lowest BCUT2D eigenvalue weighted by Gasteiger charge is -2.41. The van der Waals surface area contributed by atoms with Gasteiger partial charge in [0.15, 0.2) is 0 Å². The van der Waals surface area contributed by atoms with Crippen LogP contribution in [0, 0.1) is 5.92 Å². The van der Waals surface area contributed by atoms with Crippen LogP contribution in [0.3, 0.4) is 0 Å². The normalized spacial score (nSPS) is 29.1. The van der Waals surface area contributed by atoms with Crippen LogP contribution in [0.2, 0.25) is 0 Å². The largest absolute Gasteiger partial charge is 0.379 e. The van der Waals surface area contributed by atoms with E-state index in [2.05, 4.69) is 36.3 Å². The van der Waals surface area contributed by atoms with E-state index < -0.39 is 0 Å². The second-order valence-electron chi connectivity index (χ2n) is 6.71. The highest BCUT2D eigenvalue weighted by atomic mass is 16.5. The molecule has 2 N–H and O–H groups in total. The van der Waals surface area contributed by atoms with Crippen molar-refractivity contribution in [3.63, 3.8) is 0 Å². The topological polar surface area (TPSA) is 53.6 Å². The van der Waals surface area contributed by atoms with Crippen LogP contribution in [0.5, 0.6) is 0 Å². The Bertz CT molecular complexity index is 327. The Labute approximate surface area is 122 Å². The maximum Gasteiger partial charge on any atom is 0.223 e. The molecule has 0 aromatic heterocycles. The van der Waals surface area contributed by atoms with Gasteiger partial charge in [0.2, 0.25) is 5.91 Å². The van der Waals surface area contributed by atoms with Crippen molar-refractivity contribution in [2.24, 2.45) is 5.92 Å². The van der Waals surface area contributed by atoms with Crippen molar-refractivity contribution in [1.29, 1.82) is 0 Å². The van der Waals surface area contributed by atoms with Gasteiger partial charge in [0.1, 0.15) is 0 Å². The van der Waals surface area contributed by atoms with E-state index >= 15 is 0 Å². The lowest BCUT2D eigenvalue weighted by Crippen LogP contribution is -2.56. The molecule has 2 saturated heterocycles. The van der Waals surface area contributed by atoms with Crippen molar-refractivity contribution in [3.05, 3.63) is 0 Å². The van der Waals surface area contributed by atoms with Crippen molar-refractivity contribution in [3.8, 4) is 0 Å². The molecular weight excluding hydrogens is 254 g/mol. The summed E-state index contributed by atoms with van der Waals surface area (Å²) in [6.07, 6.45) is 1.90. The van der Waals surface area contributed by atoms with E-state index in [1.54, 1.807) is 0 Å². The third-order valence-electron chi connectivity index (χ3n) is 4.56. The van der Waals surface area contributed by atoms with Crippen LogP contribution in [0.1, 0.15) is 33.6 Å². The SMILES string of the molecule is C[C@H]1C[C@@H](C(=O)NCC(C)(C)N2CCOCC2)CCN1. The smallest absolute Gasteiger partial charge is 0.223 e. The van der Waals surface area contributed by atoms with Gasteiger partial charge in [0.25, 0.3) is 0 Å². The first-order chi connectivity index (χ1) is 9.49. The van der Waals surface area contributed by atoms with Gasteiger partial charge in [-0.25, -0.2) is 0 Å². The highest BCUT2D eigenvalue weighted by Gasteiger charge is 2.30. The van der Waals surface area contributed by atoms with Crippen LogP contribution in [-0.2, 0) is 9.53 Å². The predicted octanol–water partition coefficient (Wildman–Crippen LogP) is 0.602. The molecular formula is C15H29N3O2. The first kappa shape index (κ1) is 15.7. The van der Waals surface area contributed by atoms with Gasteiger partial charge in [0.05, 0.1) is 13.2 Å². The summed E-state index contributed by atoms with van der Waals surface area (Å²) in [5, 5.41) is 6.55. The molecule has 0 saturated carbocycles. The summed E-state index contributed by atoms with van der Waals surface area (Å²) in [7, 11) is 0. The lowest BCUT2D eigenvalue weighted by molar-refractivity contribution is -0.126. The Morgan fingerprint density at radius 1 is 1.40 bits per heavy atom. The maximum atomic E-state index is 12.3. The van der Waals surface area contributed by atoms with E-state index in [0.717, 1.165) is 45.7 Å². The molecule has 5 heteroatoms. The summed E-state index contributed by atoms with van der Waals surface area (Å²) in [5.41, 5.74) is -0.00201. The van der Waals surface area contributed by atoms with Crippen molar-refractivity contribution in [1.82, 2.24) is 15.5 Å². The minimum Gasteiger partial charge on any atom is -0.379 e. The first-order valence-corrected chi connectivity index (χ1v) is 7.83. The molecule has 0 aromatic carbocycles. The molecule has 0 aromatic rings. The highest BCUT2D eigenvalue weighted by Crippen LogP contribution is 2.18. The minimum atomic E-state index is -0.00201. The lowest BCUT2D eigenvalue weighted by atomic mass is 9.92. The molecule has 0 bridgehead atoms. The number of nitrogens with one attached hydrogen (secondary N) is 2. The Balaban J connectivity index is 1.79. The second-order valence-corrected chi connectivity index (χ2v) is 6.71. The number of morpholine rings is 1. The quantitative estimate of drug-likeness (QED) is 0.793. The molecule has 2 fully saturated rings. The average Bonchev–Trinajstić information content (AvgIpc) is 2.46. The minimum absolute atomic E-state index is 0.00201. The van der Waals surface area contributed by atoms with Crippen LogP contribution < -0.4 is 10.6 Å². The van der Waals surface area contributed by atoms with Crippen LogP contribution in [0.25, 0.3) is 0 Å². The fourth-order valence-corrected chi connectivity index (χ4v) is 3.10. The number of carbonyl (C=O) groups excluding carboxylic acids is 1. The molecule has 0 radical (unpaired) electrons. The molecule has 116 valence electrons. The van der Waals surface area contributed by atoms with Crippen molar-refractivity contribution in [2.45, 2.75) is 45.2 Å². The molecule has 20 heavy (non-hydrogen) atoms. The van der Waals surface area contributed by atoms with Crippen LogP contribution >= 0.6 is 0 Å². The summed E-state index contributed by atoms with van der Waals surface area (Å²) < 4.78 is 5.39. The first-order valence-electron chi connectivity index (χ1n) is 7.83. The predicted molar refractivity (Wildman–Crippen MR) is 79.7 cm³/mol. The molecule has 1 amide bonds. The van der Waals surface area contributed by atoms with E-state index in [9.17, 15) is 4.79 Å². The molecule has 0 spiro atoms. The van der Waals surface area contributed by atoms with Crippen molar-refractivity contribution >= 4 is 5.91 Å². The van der Waals surface area contributed by atoms with Gasteiger partial charge >= 0.3 is 0 Å². The number of amides is 1. The molecule has 2 aliphatic heterocycles. The van der Waals surface area contributed by atoms with E-state index in [4.69, 9.17) is 4.74 Å². The van der Waals surface area contributed by atoms with E-state index in [0.29, 0.717) is 12.6 Å². The summed E-state index contributed by atoms with van der Waals surface area (Å²) in [6, 6.07) is 0.451. The molecule has 2 atom stereocenters.